The van der Waals surface area contributed by atoms with E-state index in [-0.39, 0.29) is 34.7 Å². The molecular formula is C29H38N2O7. The van der Waals surface area contributed by atoms with Crippen LogP contribution in [0.15, 0.2) is 30.8 Å². The summed E-state index contributed by atoms with van der Waals surface area (Å²) < 4.78 is 10.3. The number of aliphatic hydroxyl groups excluding tert-OH is 1. The van der Waals surface area contributed by atoms with Gasteiger partial charge in [-0.1, -0.05) is 52.2 Å². The number of hydrogen-bond donors (Lipinski definition) is 3. The zero-order chi connectivity index (χ0) is 28.1. The lowest BCUT2D eigenvalue weighted by atomic mass is 9.95. The summed E-state index contributed by atoms with van der Waals surface area (Å²) in [5, 5.41) is 21.5. The van der Waals surface area contributed by atoms with Gasteiger partial charge in [0.15, 0.2) is 5.69 Å². The molecule has 1 aromatic heterocycles. The number of aromatic carboxylic acids is 1. The van der Waals surface area contributed by atoms with Gasteiger partial charge in [0, 0.05) is 23.2 Å². The number of carbonyl (C=O) groups excluding carboxylic acids is 2. The Morgan fingerprint density at radius 1 is 1.13 bits per heavy atom. The number of benzene rings is 1. The topological polar surface area (TPSA) is 135 Å². The van der Waals surface area contributed by atoms with Gasteiger partial charge in [-0.25, -0.2) is 14.6 Å². The molecule has 1 aliphatic carbocycles. The molecule has 38 heavy (non-hydrogen) atoms. The Labute approximate surface area is 223 Å². The molecule has 2 aromatic rings. The van der Waals surface area contributed by atoms with E-state index in [1.807, 2.05) is 0 Å². The van der Waals surface area contributed by atoms with E-state index in [1.165, 1.54) is 63.1 Å². The average molecular weight is 527 g/mol. The van der Waals surface area contributed by atoms with Crippen LogP contribution in [-0.4, -0.2) is 59.9 Å². The fourth-order valence-electron chi connectivity index (χ4n) is 3.65. The molecular weight excluding hydrogens is 488 g/mol. The summed E-state index contributed by atoms with van der Waals surface area (Å²) in [6.45, 7) is 7.97. The molecule has 206 valence electrons. The van der Waals surface area contributed by atoms with E-state index in [0.29, 0.717) is 23.8 Å². The van der Waals surface area contributed by atoms with Crippen LogP contribution in [0.2, 0.25) is 0 Å². The molecule has 0 unspecified atom stereocenters. The Balaban J connectivity index is 0.000000757. The van der Waals surface area contributed by atoms with Crippen LogP contribution >= 0.6 is 0 Å². The number of methoxy groups -OCH3 is 1. The van der Waals surface area contributed by atoms with Gasteiger partial charge in [0.25, 0.3) is 5.91 Å². The van der Waals surface area contributed by atoms with Crippen molar-refractivity contribution >= 4 is 23.9 Å². The number of amides is 1. The van der Waals surface area contributed by atoms with Gasteiger partial charge < -0.3 is 25.0 Å². The molecule has 0 bridgehead atoms. The van der Waals surface area contributed by atoms with Gasteiger partial charge in [-0.15, -0.1) is 0 Å². The lowest BCUT2D eigenvalue weighted by Gasteiger charge is -2.15. The number of carboxylic acid groups (broad SMARTS) is 1. The van der Waals surface area contributed by atoms with E-state index in [2.05, 4.69) is 30.7 Å². The molecule has 0 saturated heterocycles. The molecule has 9 heteroatoms. The van der Waals surface area contributed by atoms with Crippen LogP contribution in [0.5, 0.6) is 5.75 Å². The zero-order valence-corrected chi connectivity index (χ0v) is 22.4. The number of pyridine rings is 1. The number of carboxylic acids is 1. The SMILES string of the molecule is C=Cc1cc(C(=O)O)c(-c2ccc(C(=O)NCC3CC3)nc2C(=O)OCCO)cc1OC.CCCCCC. The fourth-order valence-corrected chi connectivity index (χ4v) is 3.65. The van der Waals surface area contributed by atoms with Crippen LogP contribution in [0.25, 0.3) is 17.2 Å². The maximum atomic E-state index is 12.7. The Hall–Kier alpha value is -3.72. The first kappa shape index (κ1) is 30.5. The number of rotatable bonds is 13. The molecule has 1 amide bonds. The second-order valence-corrected chi connectivity index (χ2v) is 8.96. The van der Waals surface area contributed by atoms with E-state index >= 15 is 0 Å². The third-order valence-corrected chi connectivity index (χ3v) is 5.96. The van der Waals surface area contributed by atoms with Gasteiger partial charge in [-0.2, -0.15) is 0 Å². The molecule has 1 aliphatic rings. The van der Waals surface area contributed by atoms with Crippen LogP contribution in [0.1, 0.15) is 89.3 Å². The Morgan fingerprint density at radius 2 is 1.82 bits per heavy atom. The number of carbonyl (C=O) groups is 3. The highest BCUT2D eigenvalue weighted by Gasteiger charge is 2.26. The summed E-state index contributed by atoms with van der Waals surface area (Å²) >= 11 is 0. The molecule has 1 heterocycles. The highest BCUT2D eigenvalue weighted by atomic mass is 16.5. The number of aromatic nitrogens is 1. The first-order chi connectivity index (χ1) is 18.3. The minimum Gasteiger partial charge on any atom is -0.496 e. The lowest BCUT2D eigenvalue weighted by molar-refractivity contribution is 0.0427. The zero-order valence-electron chi connectivity index (χ0n) is 22.4. The van der Waals surface area contributed by atoms with Gasteiger partial charge >= 0.3 is 11.9 Å². The minimum absolute atomic E-state index is 0.00287. The highest BCUT2D eigenvalue weighted by Crippen LogP contribution is 2.34. The van der Waals surface area contributed by atoms with Crippen molar-refractivity contribution in [3.05, 3.63) is 53.4 Å². The second-order valence-electron chi connectivity index (χ2n) is 8.96. The highest BCUT2D eigenvalue weighted by molar-refractivity contribution is 6.03. The smallest absolute Gasteiger partial charge is 0.357 e. The fraction of sp³-hybridized carbons (Fsp3) is 0.448. The molecule has 0 spiro atoms. The van der Waals surface area contributed by atoms with Crippen molar-refractivity contribution in [3.8, 4) is 16.9 Å². The standard InChI is InChI=1S/C23H24N2O7.C6H14/c1-3-14-10-17(22(28)29)16(11-19(14)31-2)15-6-7-18(21(27)24-12-13-4-5-13)25-20(15)23(30)32-9-8-26;1-3-5-6-4-2/h3,6-7,10-11,13,26H,1,4-5,8-9,12H2,2H3,(H,24,27)(H,28,29);3-6H2,1-2H3. The summed E-state index contributed by atoms with van der Waals surface area (Å²) in [5.41, 5.74) is 0.420. The van der Waals surface area contributed by atoms with Crippen molar-refractivity contribution in [2.45, 2.75) is 52.4 Å². The van der Waals surface area contributed by atoms with Crippen molar-refractivity contribution in [2.24, 2.45) is 5.92 Å². The largest absolute Gasteiger partial charge is 0.496 e. The molecule has 1 aromatic carbocycles. The number of nitrogens with one attached hydrogen (secondary N) is 1. The van der Waals surface area contributed by atoms with Crippen molar-refractivity contribution in [3.63, 3.8) is 0 Å². The predicted octanol–water partition coefficient (Wildman–Crippen LogP) is 4.97. The predicted molar refractivity (Wildman–Crippen MR) is 146 cm³/mol. The van der Waals surface area contributed by atoms with Crippen LogP contribution in [0.3, 0.4) is 0 Å². The Morgan fingerprint density at radius 3 is 2.34 bits per heavy atom. The summed E-state index contributed by atoms with van der Waals surface area (Å²) in [7, 11) is 1.43. The van der Waals surface area contributed by atoms with E-state index in [0.717, 1.165) is 12.8 Å². The molecule has 0 atom stereocenters. The number of ether oxygens (including phenoxy) is 2. The van der Waals surface area contributed by atoms with Gasteiger partial charge in [0.1, 0.15) is 18.1 Å². The first-order valence-electron chi connectivity index (χ1n) is 13.0. The Kier molecular flexibility index (Phi) is 12.5. The van der Waals surface area contributed by atoms with Gasteiger partial charge in [-0.05, 0) is 43.0 Å². The molecule has 0 radical (unpaired) electrons. The number of nitrogens with zero attached hydrogens (tertiary/aromatic N) is 1. The van der Waals surface area contributed by atoms with Gasteiger partial charge in [-0.3, -0.25) is 4.79 Å². The number of hydrogen-bond acceptors (Lipinski definition) is 7. The van der Waals surface area contributed by atoms with Crippen LogP contribution in [-0.2, 0) is 4.74 Å². The lowest BCUT2D eigenvalue weighted by Crippen LogP contribution is -2.27. The van der Waals surface area contributed by atoms with Gasteiger partial charge in [0.05, 0.1) is 19.3 Å². The summed E-state index contributed by atoms with van der Waals surface area (Å²) in [6.07, 6.45) is 9.11. The molecule has 1 saturated carbocycles. The van der Waals surface area contributed by atoms with Crippen molar-refractivity contribution in [2.75, 3.05) is 26.9 Å². The number of unbranched alkanes of at least 4 members (excludes halogenated alkanes) is 3. The van der Waals surface area contributed by atoms with Crippen LogP contribution < -0.4 is 10.1 Å². The van der Waals surface area contributed by atoms with Crippen LogP contribution in [0, 0.1) is 5.92 Å². The molecule has 9 nitrogen and oxygen atoms in total. The van der Waals surface area contributed by atoms with Gasteiger partial charge in [0.2, 0.25) is 0 Å². The average Bonchev–Trinajstić information content (AvgIpc) is 3.77. The van der Waals surface area contributed by atoms with Crippen molar-refractivity contribution < 1.29 is 34.1 Å². The Bertz CT molecular complexity index is 1120. The minimum atomic E-state index is -1.23. The third kappa shape index (κ3) is 8.69. The normalized spacial score (nSPS) is 12.1. The van der Waals surface area contributed by atoms with Crippen molar-refractivity contribution in [1.29, 1.82) is 0 Å². The van der Waals surface area contributed by atoms with E-state index < -0.39 is 24.5 Å². The second kappa shape index (κ2) is 15.5. The van der Waals surface area contributed by atoms with Crippen molar-refractivity contribution in [1.82, 2.24) is 10.3 Å². The summed E-state index contributed by atoms with van der Waals surface area (Å²) in [6, 6.07) is 5.71. The van der Waals surface area contributed by atoms with E-state index in [1.54, 1.807) is 0 Å². The van der Waals surface area contributed by atoms with E-state index in [9.17, 15) is 19.5 Å². The molecule has 3 rings (SSSR count). The monoisotopic (exact) mass is 526 g/mol. The summed E-state index contributed by atoms with van der Waals surface area (Å²) in [5.74, 6) is -1.76. The molecule has 3 N–H and O–H groups in total. The quantitative estimate of drug-likeness (QED) is 0.246. The number of aliphatic hydroxyl groups is 1. The number of esters is 1. The molecule has 0 aliphatic heterocycles. The van der Waals surface area contributed by atoms with E-state index in [4.69, 9.17) is 14.6 Å². The first-order valence-corrected chi connectivity index (χ1v) is 13.0. The maximum Gasteiger partial charge on any atom is 0.357 e. The molecule has 1 fully saturated rings. The maximum absolute atomic E-state index is 12.7. The summed E-state index contributed by atoms with van der Waals surface area (Å²) in [4.78, 5) is 41.3. The third-order valence-electron chi connectivity index (χ3n) is 5.96. The van der Waals surface area contributed by atoms with Crippen LogP contribution in [0.4, 0.5) is 0 Å².